The third-order valence-corrected chi connectivity index (χ3v) is 5.78. The minimum Gasteiger partial charge on any atom is -0.353 e. The summed E-state index contributed by atoms with van der Waals surface area (Å²) in [5, 5.41) is 11.3. The van der Waals surface area contributed by atoms with E-state index < -0.39 is 11.7 Å². The Bertz CT molecular complexity index is 1250. The van der Waals surface area contributed by atoms with Crippen LogP contribution in [0.4, 0.5) is 19.0 Å². The highest BCUT2D eigenvalue weighted by Crippen LogP contribution is 2.38. The average molecular weight is 459 g/mol. The average Bonchev–Trinajstić information content (AvgIpc) is 3.23. The molecule has 4 aromatic rings. The largest absolute Gasteiger partial charge is 0.418 e. The lowest BCUT2D eigenvalue weighted by atomic mass is 10.0. The Hall–Kier alpha value is -3.17. The number of nitrogens with one attached hydrogen (secondary N) is 2. The highest BCUT2D eigenvalue weighted by molar-refractivity contribution is 6.30. The molecule has 32 heavy (non-hydrogen) atoms. The third-order valence-electron chi connectivity index (χ3n) is 5.52. The number of fused-ring (bicyclic) bond motifs is 1. The second-order valence-electron chi connectivity index (χ2n) is 7.54. The Morgan fingerprint density at radius 3 is 2.66 bits per heavy atom. The van der Waals surface area contributed by atoms with Crippen molar-refractivity contribution >= 4 is 28.5 Å². The van der Waals surface area contributed by atoms with E-state index in [-0.39, 0.29) is 17.4 Å². The Kier molecular flexibility index (Phi) is 5.22. The van der Waals surface area contributed by atoms with Crippen molar-refractivity contribution in [2.45, 2.75) is 12.2 Å². The van der Waals surface area contributed by atoms with Gasteiger partial charge < -0.3 is 10.2 Å². The molecule has 1 aromatic carbocycles. The van der Waals surface area contributed by atoms with Gasteiger partial charge >= 0.3 is 6.18 Å². The Labute approximate surface area is 186 Å². The standard InChI is InChI=1S/C22H18ClF3N6/c23-14-5-3-13(4-6-14)17-12-32(11-10-27-17)18-8-7-16(22(24,25)26)20(29-18)19-15-2-1-9-28-21(15)31-30-19/h1-9,17,27H,10-12H2,(H,28,30,31). The van der Waals surface area contributed by atoms with Crippen molar-refractivity contribution in [2.24, 2.45) is 0 Å². The van der Waals surface area contributed by atoms with Crippen molar-refractivity contribution < 1.29 is 13.2 Å². The van der Waals surface area contributed by atoms with Crippen LogP contribution in [0.5, 0.6) is 0 Å². The first kappa shape index (κ1) is 20.7. The number of hydrogen-bond acceptors (Lipinski definition) is 5. The van der Waals surface area contributed by atoms with E-state index in [0.29, 0.717) is 41.5 Å². The summed E-state index contributed by atoms with van der Waals surface area (Å²) in [5.74, 6) is 0.472. The summed E-state index contributed by atoms with van der Waals surface area (Å²) < 4.78 is 41.4. The van der Waals surface area contributed by atoms with Gasteiger partial charge in [-0.1, -0.05) is 23.7 Å². The molecule has 0 spiro atoms. The molecule has 1 unspecified atom stereocenters. The van der Waals surface area contributed by atoms with E-state index in [1.807, 2.05) is 29.2 Å². The number of alkyl halides is 3. The monoisotopic (exact) mass is 458 g/mol. The molecule has 164 valence electrons. The number of aromatic nitrogens is 4. The van der Waals surface area contributed by atoms with Gasteiger partial charge in [0.1, 0.15) is 11.5 Å². The molecule has 1 fully saturated rings. The summed E-state index contributed by atoms with van der Waals surface area (Å²) in [7, 11) is 0. The number of piperazine rings is 1. The maximum Gasteiger partial charge on any atom is 0.418 e. The summed E-state index contributed by atoms with van der Waals surface area (Å²) in [6.45, 7) is 1.85. The first-order valence-electron chi connectivity index (χ1n) is 10.0. The van der Waals surface area contributed by atoms with E-state index in [1.54, 1.807) is 18.3 Å². The number of hydrogen-bond donors (Lipinski definition) is 2. The highest BCUT2D eigenvalue weighted by atomic mass is 35.5. The van der Waals surface area contributed by atoms with E-state index >= 15 is 0 Å². The first-order chi connectivity index (χ1) is 15.4. The highest BCUT2D eigenvalue weighted by Gasteiger charge is 2.36. The predicted octanol–water partition coefficient (Wildman–Crippen LogP) is 4.84. The SMILES string of the molecule is FC(F)(F)c1ccc(N2CCNC(c3ccc(Cl)cc3)C2)nc1-c1[nH]nc2ncccc12. The minimum absolute atomic E-state index is 0.00532. The second-order valence-corrected chi connectivity index (χ2v) is 7.98. The van der Waals surface area contributed by atoms with Gasteiger partial charge in [0.25, 0.3) is 0 Å². The van der Waals surface area contributed by atoms with Crippen molar-refractivity contribution in [3.05, 3.63) is 70.9 Å². The van der Waals surface area contributed by atoms with Gasteiger partial charge in [-0.2, -0.15) is 18.3 Å². The zero-order chi connectivity index (χ0) is 22.3. The maximum absolute atomic E-state index is 13.8. The van der Waals surface area contributed by atoms with E-state index in [2.05, 4.69) is 25.5 Å². The summed E-state index contributed by atoms with van der Waals surface area (Å²) >= 11 is 5.99. The van der Waals surface area contributed by atoms with Gasteiger partial charge in [-0.3, -0.25) is 5.10 Å². The van der Waals surface area contributed by atoms with Crippen LogP contribution in [-0.2, 0) is 6.18 Å². The number of pyridine rings is 2. The number of nitrogens with zero attached hydrogens (tertiary/aromatic N) is 4. The molecule has 0 saturated carbocycles. The lowest BCUT2D eigenvalue weighted by Crippen LogP contribution is -2.46. The summed E-state index contributed by atoms with van der Waals surface area (Å²) in [5.41, 5.74) is 0.587. The number of H-pyrrole nitrogens is 1. The first-order valence-corrected chi connectivity index (χ1v) is 10.4. The Morgan fingerprint density at radius 2 is 1.88 bits per heavy atom. The van der Waals surface area contributed by atoms with Crippen LogP contribution in [0.1, 0.15) is 17.2 Å². The van der Waals surface area contributed by atoms with Gasteiger partial charge in [0.15, 0.2) is 5.65 Å². The van der Waals surface area contributed by atoms with Gasteiger partial charge in [0, 0.05) is 42.3 Å². The van der Waals surface area contributed by atoms with E-state index in [9.17, 15) is 13.2 Å². The zero-order valence-corrected chi connectivity index (χ0v) is 17.5. The molecule has 10 heteroatoms. The van der Waals surface area contributed by atoms with Crippen molar-refractivity contribution in [1.82, 2.24) is 25.5 Å². The molecule has 0 aliphatic carbocycles. The third kappa shape index (κ3) is 3.89. The molecule has 2 N–H and O–H groups in total. The fraction of sp³-hybridized carbons (Fsp3) is 0.227. The molecule has 0 amide bonds. The number of anilines is 1. The molecule has 6 nitrogen and oxygen atoms in total. The van der Waals surface area contributed by atoms with Crippen LogP contribution in [0.2, 0.25) is 5.02 Å². The lowest BCUT2D eigenvalue weighted by molar-refractivity contribution is -0.137. The summed E-state index contributed by atoms with van der Waals surface area (Å²) in [6.07, 6.45) is -3.02. The van der Waals surface area contributed by atoms with Crippen LogP contribution in [0.25, 0.3) is 22.4 Å². The van der Waals surface area contributed by atoms with Crippen LogP contribution < -0.4 is 10.2 Å². The number of aromatic amines is 1. The van der Waals surface area contributed by atoms with Gasteiger partial charge in [0.05, 0.1) is 11.3 Å². The van der Waals surface area contributed by atoms with Crippen LogP contribution in [-0.4, -0.2) is 39.8 Å². The van der Waals surface area contributed by atoms with Crippen molar-refractivity contribution in [3.8, 4) is 11.4 Å². The number of benzene rings is 1. The van der Waals surface area contributed by atoms with E-state index in [4.69, 9.17) is 11.6 Å². The predicted molar refractivity (Wildman–Crippen MR) is 117 cm³/mol. The van der Waals surface area contributed by atoms with Crippen LogP contribution >= 0.6 is 11.6 Å². The number of halogens is 4. The second kappa shape index (κ2) is 8.07. The number of rotatable bonds is 3. The minimum atomic E-state index is -4.56. The van der Waals surface area contributed by atoms with Crippen LogP contribution in [0.3, 0.4) is 0 Å². The van der Waals surface area contributed by atoms with Crippen molar-refractivity contribution in [2.75, 3.05) is 24.5 Å². The summed E-state index contributed by atoms with van der Waals surface area (Å²) in [6, 6.07) is 13.4. The molecule has 3 aromatic heterocycles. The molecule has 4 heterocycles. The zero-order valence-electron chi connectivity index (χ0n) is 16.7. The molecule has 1 aliphatic rings. The topological polar surface area (TPSA) is 69.7 Å². The lowest BCUT2D eigenvalue weighted by Gasteiger charge is -2.35. The molecule has 5 rings (SSSR count). The fourth-order valence-corrected chi connectivity index (χ4v) is 4.08. The Morgan fingerprint density at radius 1 is 1.06 bits per heavy atom. The molecular weight excluding hydrogens is 441 g/mol. The van der Waals surface area contributed by atoms with E-state index in [1.165, 1.54) is 6.07 Å². The van der Waals surface area contributed by atoms with Crippen LogP contribution in [0.15, 0.2) is 54.7 Å². The van der Waals surface area contributed by atoms with Gasteiger partial charge in [-0.05, 0) is 42.0 Å². The smallest absolute Gasteiger partial charge is 0.353 e. The molecule has 1 atom stereocenters. The van der Waals surface area contributed by atoms with Gasteiger partial charge in [-0.25, -0.2) is 9.97 Å². The fourth-order valence-electron chi connectivity index (χ4n) is 3.95. The van der Waals surface area contributed by atoms with Crippen molar-refractivity contribution in [1.29, 1.82) is 0 Å². The molecule has 0 bridgehead atoms. The van der Waals surface area contributed by atoms with E-state index in [0.717, 1.165) is 11.6 Å². The van der Waals surface area contributed by atoms with Gasteiger partial charge in [-0.15, -0.1) is 0 Å². The van der Waals surface area contributed by atoms with Crippen molar-refractivity contribution in [3.63, 3.8) is 0 Å². The molecular formula is C22H18ClF3N6. The van der Waals surface area contributed by atoms with Crippen LogP contribution in [0, 0.1) is 0 Å². The normalized spacial score (nSPS) is 17.1. The Balaban J connectivity index is 1.54. The van der Waals surface area contributed by atoms with Gasteiger partial charge in [0.2, 0.25) is 0 Å². The maximum atomic E-state index is 13.8. The molecule has 1 saturated heterocycles. The molecule has 1 aliphatic heterocycles. The quantitative estimate of drug-likeness (QED) is 0.459. The summed E-state index contributed by atoms with van der Waals surface area (Å²) in [4.78, 5) is 10.5. The molecule has 0 radical (unpaired) electrons.